The van der Waals surface area contributed by atoms with Crippen LogP contribution in [0.15, 0.2) is 70.5 Å². The summed E-state index contributed by atoms with van der Waals surface area (Å²) in [6, 6.07) is 20.7. The largest absolute Gasteiger partial charge is 0.490 e. The number of likely N-dealkylation sites (N-methyl/N-ethyl adjacent to an activating group) is 1. The normalized spacial score (nSPS) is 19.6. The van der Waals surface area contributed by atoms with Gasteiger partial charge in [-0.05, 0) is 109 Å². The smallest absolute Gasteiger partial charge is 0.309 e. The summed E-state index contributed by atoms with van der Waals surface area (Å²) in [5, 5.41) is 6.55. The fraction of sp³-hybridized carbons (Fsp3) is 0.424. The van der Waals surface area contributed by atoms with Crippen molar-refractivity contribution in [3.05, 3.63) is 82.4 Å². The second-order valence-corrected chi connectivity index (χ2v) is 13.6. The Bertz CT molecular complexity index is 1370. The topological polar surface area (TPSA) is 64.8 Å². The first-order chi connectivity index (χ1) is 19.9. The minimum Gasteiger partial charge on any atom is -0.490 e. The molecular formula is C33H39ClN2O3S2. The van der Waals surface area contributed by atoms with E-state index in [0.717, 1.165) is 52.2 Å². The van der Waals surface area contributed by atoms with E-state index in [1.54, 1.807) is 0 Å². The third-order valence-electron chi connectivity index (χ3n) is 8.45. The maximum atomic E-state index is 11.2. The van der Waals surface area contributed by atoms with Gasteiger partial charge in [-0.3, -0.25) is 9.93 Å². The summed E-state index contributed by atoms with van der Waals surface area (Å²) in [5.74, 6) is 2.88. The number of ether oxygens (including phenoxy) is 2. The summed E-state index contributed by atoms with van der Waals surface area (Å²) in [4.78, 5) is 15.8. The van der Waals surface area contributed by atoms with Crippen molar-refractivity contribution >= 4 is 47.0 Å². The standard InChI is InChI=1S/C19H21ClN2OS.C14H18O2S/c1-22-11-19(8-2-3-13-9-14(20)4-6-16(13)19)12-23-18-7-5-15(24-21)10-17(18)22;1-16-14(15)9-12-6-3-7-13(8-12)17-10-11-4-2-5-11/h4-7,9-10H,2-3,8,11-12,21H2,1H3;3,6-8,11H,2,4-5,9-10H2,1H3/t19-;/m0./s1. The van der Waals surface area contributed by atoms with Crippen molar-refractivity contribution in [2.45, 2.75) is 60.2 Å². The number of nitrogens with zero attached hydrogens (tertiary/aromatic N) is 1. The molecule has 0 unspecified atom stereocenters. The number of esters is 1. The predicted octanol–water partition coefficient (Wildman–Crippen LogP) is 7.70. The summed E-state index contributed by atoms with van der Waals surface area (Å²) in [7, 11) is 3.57. The van der Waals surface area contributed by atoms with Crippen molar-refractivity contribution in [2.24, 2.45) is 11.1 Å². The first-order valence-electron chi connectivity index (χ1n) is 14.3. The zero-order valence-corrected chi connectivity index (χ0v) is 26.3. The highest BCUT2D eigenvalue weighted by Crippen LogP contribution is 2.44. The molecule has 0 bridgehead atoms. The van der Waals surface area contributed by atoms with E-state index in [9.17, 15) is 4.79 Å². The summed E-state index contributed by atoms with van der Waals surface area (Å²) >= 11 is 9.39. The molecule has 1 heterocycles. The Morgan fingerprint density at radius 1 is 1.12 bits per heavy atom. The highest BCUT2D eigenvalue weighted by molar-refractivity contribution is 7.99. The SMILES string of the molecule is CN1C[C@@]2(CCCc3cc(Cl)ccc32)COc2ccc(SN)cc21.COC(=O)Cc1cccc(SCC2CCC2)c1. The molecule has 3 aromatic carbocycles. The van der Waals surface area contributed by atoms with E-state index >= 15 is 0 Å². The number of fused-ring (bicyclic) bond motifs is 3. The van der Waals surface area contributed by atoms with E-state index in [4.69, 9.17) is 21.5 Å². The molecule has 218 valence electrons. The Kier molecular flexibility index (Phi) is 10.1. The minimum absolute atomic E-state index is 0.0158. The van der Waals surface area contributed by atoms with Crippen LogP contribution < -0.4 is 14.8 Å². The lowest BCUT2D eigenvalue weighted by Crippen LogP contribution is -2.44. The predicted molar refractivity (Wildman–Crippen MR) is 172 cm³/mol. The van der Waals surface area contributed by atoms with Gasteiger partial charge in [0.05, 0.1) is 25.8 Å². The first-order valence-corrected chi connectivity index (χ1v) is 16.6. The molecule has 8 heteroatoms. The molecule has 1 aliphatic heterocycles. The third-order valence-corrected chi connectivity index (χ3v) is 10.4. The molecule has 0 radical (unpaired) electrons. The Balaban J connectivity index is 0.000000175. The number of benzene rings is 3. The number of anilines is 1. The maximum Gasteiger partial charge on any atom is 0.309 e. The van der Waals surface area contributed by atoms with Crippen LogP contribution in [0.25, 0.3) is 0 Å². The molecule has 41 heavy (non-hydrogen) atoms. The Morgan fingerprint density at radius 3 is 2.73 bits per heavy atom. The van der Waals surface area contributed by atoms with Crippen LogP contribution in [0, 0.1) is 5.92 Å². The Hall–Kier alpha value is -2.32. The van der Waals surface area contributed by atoms with Gasteiger partial charge < -0.3 is 14.4 Å². The van der Waals surface area contributed by atoms with Crippen LogP contribution in [0.4, 0.5) is 5.69 Å². The van der Waals surface area contributed by atoms with Gasteiger partial charge in [0.2, 0.25) is 0 Å². The van der Waals surface area contributed by atoms with Gasteiger partial charge in [0.25, 0.3) is 0 Å². The van der Waals surface area contributed by atoms with Crippen molar-refractivity contribution in [1.29, 1.82) is 0 Å². The van der Waals surface area contributed by atoms with Crippen LogP contribution in [0.3, 0.4) is 0 Å². The van der Waals surface area contributed by atoms with E-state index in [-0.39, 0.29) is 11.4 Å². The first kappa shape index (κ1) is 30.1. The van der Waals surface area contributed by atoms with Crippen LogP contribution in [0.5, 0.6) is 5.75 Å². The average Bonchev–Trinajstić information content (AvgIpc) is 3.08. The number of aryl methyl sites for hydroxylation is 1. The highest BCUT2D eigenvalue weighted by Gasteiger charge is 2.40. The van der Waals surface area contributed by atoms with Gasteiger partial charge in [-0.1, -0.05) is 36.2 Å². The molecule has 6 rings (SSSR count). The lowest BCUT2D eigenvalue weighted by molar-refractivity contribution is -0.139. The lowest BCUT2D eigenvalue weighted by atomic mass is 9.70. The van der Waals surface area contributed by atoms with E-state index < -0.39 is 0 Å². The maximum absolute atomic E-state index is 11.2. The van der Waals surface area contributed by atoms with E-state index in [2.05, 4.69) is 47.0 Å². The number of thioether (sulfide) groups is 1. The number of hydrogen-bond acceptors (Lipinski definition) is 7. The highest BCUT2D eigenvalue weighted by atomic mass is 35.5. The molecule has 1 atom stereocenters. The molecular weight excluding hydrogens is 572 g/mol. The lowest BCUT2D eigenvalue weighted by Gasteiger charge is -2.39. The molecule has 2 aliphatic carbocycles. The number of hydrogen-bond donors (Lipinski definition) is 1. The van der Waals surface area contributed by atoms with Gasteiger partial charge in [-0.15, -0.1) is 11.8 Å². The summed E-state index contributed by atoms with van der Waals surface area (Å²) in [6.45, 7) is 1.64. The molecule has 3 aliphatic rings. The molecule has 1 fully saturated rings. The Morgan fingerprint density at radius 2 is 1.98 bits per heavy atom. The summed E-state index contributed by atoms with van der Waals surface area (Å²) < 4.78 is 10.9. The van der Waals surface area contributed by atoms with Crippen LogP contribution in [-0.4, -0.2) is 39.0 Å². The van der Waals surface area contributed by atoms with Crippen molar-refractivity contribution in [2.75, 3.05) is 38.0 Å². The molecule has 5 nitrogen and oxygen atoms in total. The van der Waals surface area contributed by atoms with Crippen molar-refractivity contribution in [3.8, 4) is 5.75 Å². The van der Waals surface area contributed by atoms with Gasteiger partial charge >= 0.3 is 5.97 Å². The van der Waals surface area contributed by atoms with Gasteiger partial charge in [0.15, 0.2) is 0 Å². The van der Waals surface area contributed by atoms with Crippen LogP contribution in [0.2, 0.25) is 5.02 Å². The monoisotopic (exact) mass is 610 g/mol. The van der Waals surface area contributed by atoms with Crippen molar-refractivity contribution < 1.29 is 14.3 Å². The average molecular weight is 611 g/mol. The zero-order valence-electron chi connectivity index (χ0n) is 23.9. The summed E-state index contributed by atoms with van der Waals surface area (Å²) in [5.41, 5.74) is 4.93. The zero-order chi connectivity index (χ0) is 28.8. The van der Waals surface area contributed by atoms with Gasteiger partial charge in [0.1, 0.15) is 5.75 Å². The number of halogens is 1. The molecule has 2 N–H and O–H groups in total. The van der Waals surface area contributed by atoms with Gasteiger partial charge in [-0.25, -0.2) is 0 Å². The second kappa shape index (κ2) is 13.8. The number of nitrogens with two attached hydrogens (primary N) is 1. The number of carbonyl (C=O) groups excluding carboxylic acids is 1. The number of methoxy groups -OCH3 is 1. The van der Waals surface area contributed by atoms with Crippen molar-refractivity contribution in [3.63, 3.8) is 0 Å². The fourth-order valence-corrected chi connectivity index (χ4v) is 7.69. The quantitative estimate of drug-likeness (QED) is 0.174. The van der Waals surface area contributed by atoms with Crippen LogP contribution >= 0.6 is 35.3 Å². The summed E-state index contributed by atoms with van der Waals surface area (Å²) in [6.07, 6.45) is 7.94. The molecule has 3 aromatic rings. The number of rotatable bonds is 6. The van der Waals surface area contributed by atoms with E-state index in [1.165, 1.54) is 66.5 Å². The third kappa shape index (κ3) is 7.37. The molecule has 0 aromatic heterocycles. The van der Waals surface area contributed by atoms with E-state index in [0.29, 0.717) is 13.0 Å². The van der Waals surface area contributed by atoms with Crippen molar-refractivity contribution in [1.82, 2.24) is 0 Å². The number of carbonyl (C=O) groups is 1. The van der Waals surface area contributed by atoms with Gasteiger partial charge in [-0.2, -0.15) is 0 Å². The molecule has 1 saturated carbocycles. The van der Waals surface area contributed by atoms with Crippen LogP contribution in [0.1, 0.15) is 48.8 Å². The van der Waals surface area contributed by atoms with Crippen LogP contribution in [-0.2, 0) is 27.8 Å². The molecule has 0 saturated heterocycles. The minimum atomic E-state index is -0.175. The molecule has 1 spiro atoms. The Labute approximate surface area is 257 Å². The fourth-order valence-electron chi connectivity index (χ4n) is 6.00. The second-order valence-electron chi connectivity index (χ2n) is 11.3. The molecule has 0 amide bonds. The van der Waals surface area contributed by atoms with E-state index in [1.807, 2.05) is 42.1 Å². The van der Waals surface area contributed by atoms with Gasteiger partial charge in [0, 0.05) is 39.6 Å².